The van der Waals surface area contributed by atoms with Gasteiger partial charge in [0, 0.05) is 12.8 Å². The van der Waals surface area contributed by atoms with E-state index in [9.17, 15) is 14.7 Å². The molecule has 5 heteroatoms. The monoisotopic (exact) mass is 636 g/mol. The van der Waals surface area contributed by atoms with Crippen molar-refractivity contribution in [1.82, 2.24) is 0 Å². The van der Waals surface area contributed by atoms with Crippen LogP contribution in [0.25, 0.3) is 0 Å². The van der Waals surface area contributed by atoms with Gasteiger partial charge in [0.15, 0.2) is 6.10 Å². The van der Waals surface area contributed by atoms with Crippen LogP contribution in [0.4, 0.5) is 0 Å². The number of unbranched alkanes of at least 4 members (excludes halogenated alkanes) is 6. The number of carbonyl (C=O) groups is 2. The highest BCUT2D eigenvalue weighted by Crippen LogP contribution is 2.09. The van der Waals surface area contributed by atoms with Gasteiger partial charge >= 0.3 is 11.9 Å². The zero-order valence-corrected chi connectivity index (χ0v) is 29.0. The van der Waals surface area contributed by atoms with Gasteiger partial charge in [-0.25, -0.2) is 0 Å². The molecule has 0 bridgehead atoms. The van der Waals surface area contributed by atoms with Gasteiger partial charge in [-0.2, -0.15) is 0 Å². The fourth-order valence-corrected chi connectivity index (χ4v) is 4.24. The Balaban J connectivity index is 3.74. The first kappa shape index (κ1) is 42.8. The second-order valence-corrected chi connectivity index (χ2v) is 11.2. The maximum atomic E-state index is 12.1. The predicted octanol–water partition coefficient (Wildman–Crippen LogP) is 10.9. The molecule has 0 amide bonds. The van der Waals surface area contributed by atoms with Crippen LogP contribution in [0.2, 0.25) is 0 Å². The molecular weight excluding hydrogens is 572 g/mol. The van der Waals surface area contributed by atoms with Crippen molar-refractivity contribution in [3.05, 3.63) is 97.2 Å². The van der Waals surface area contributed by atoms with Crippen LogP contribution in [0.15, 0.2) is 97.2 Å². The molecule has 0 aliphatic carbocycles. The van der Waals surface area contributed by atoms with E-state index in [0.29, 0.717) is 12.8 Å². The SMILES string of the molecule is CCC=CCC=CCC=CCC=CCCCCCCC(=O)OCC(CO)OC(=O)CCCCC=CCC=CCC=CCC=CCC. The molecule has 0 fully saturated rings. The first-order valence-corrected chi connectivity index (χ1v) is 17.8. The molecule has 0 heterocycles. The third kappa shape index (κ3) is 33.7. The lowest BCUT2D eigenvalue weighted by Gasteiger charge is -2.15. The number of allylic oxidation sites excluding steroid dienone is 16. The highest BCUT2D eigenvalue weighted by Gasteiger charge is 2.15. The number of aliphatic hydroxyl groups is 1. The van der Waals surface area contributed by atoms with Gasteiger partial charge in [0.2, 0.25) is 0 Å². The van der Waals surface area contributed by atoms with Crippen LogP contribution >= 0.6 is 0 Å². The average molecular weight is 637 g/mol. The van der Waals surface area contributed by atoms with E-state index in [4.69, 9.17) is 9.47 Å². The molecule has 0 aliphatic heterocycles. The zero-order valence-electron chi connectivity index (χ0n) is 29.0. The zero-order chi connectivity index (χ0) is 33.6. The Kier molecular flexibility index (Phi) is 33.8. The van der Waals surface area contributed by atoms with E-state index in [-0.39, 0.29) is 25.2 Å². The lowest BCUT2D eigenvalue weighted by molar-refractivity contribution is -0.161. The summed E-state index contributed by atoms with van der Waals surface area (Å²) in [5.41, 5.74) is 0. The van der Waals surface area contributed by atoms with Crippen LogP contribution in [0.3, 0.4) is 0 Å². The summed E-state index contributed by atoms with van der Waals surface area (Å²) < 4.78 is 10.5. The van der Waals surface area contributed by atoms with Crippen molar-refractivity contribution in [3.63, 3.8) is 0 Å². The number of ether oxygens (including phenoxy) is 2. The number of aliphatic hydroxyl groups excluding tert-OH is 1. The maximum Gasteiger partial charge on any atom is 0.306 e. The van der Waals surface area contributed by atoms with E-state index in [2.05, 4.69) is 111 Å². The van der Waals surface area contributed by atoms with Crippen molar-refractivity contribution in [2.24, 2.45) is 0 Å². The number of carbonyl (C=O) groups excluding carboxylic acids is 2. The molecule has 0 aromatic carbocycles. The van der Waals surface area contributed by atoms with Gasteiger partial charge in [-0.3, -0.25) is 9.59 Å². The van der Waals surface area contributed by atoms with Crippen molar-refractivity contribution in [1.29, 1.82) is 0 Å². The molecule has 0 rings (SSSR count). The van der Waals surface area contributed by atoms with Crippen molar-refractivity contribution in [3.8, 4) is 0 Å². The third-order valence-electron chi connectivity index (χ3n) is 6.87. The molecule has 258 valence electrons. The second-order valence-electron chi connectivity index (χ2n) is 11.2. The lowest BCUT2D eigenvalue weighted by atomic mass is 10.1. The molecule has 46 heavy (non-hydrogen) atoms. The van der Waals surface area contributed by atoms with E-state index in [0.717, 1.165) is 103 Å². The number of hydrogen-bond donors (Lipinski definition) is 1. The van der Waals surface area contributed by atoms with Crippen LogP contribution in [0, 0.1) is 0 Å². The van der Waals surface area contributed by atoms with Crippen LogP contribution in [0.1, 0.15) is 129 Å². The largest absolute Gasteiger partial charge is 0.462 e. The van der Waals surface area contributed by atoms with E-state index < -0.39 is 6.10 Å². The standard InChI is InChI=1S/C41H64O5/c1-3-5-7-9-11-13-15-17-19-20-22-23-25-27-29-31-33-35-40(43)45-38-39(37-42)46-41(44)36-34-32-30-28-26-24-21-18-16-14-12-10-8-6-4-2/h5-8,11-14,17-19,21-23,26,28,39,42H,3-4,9-10,15-16,20,24-25,27,29-38H2,1-2H3. The van der Waals surface area contributed by atoms with Crippen molar-refractivity contribution < 1.29 is 24.2 Å². The van der Waals surface area contributed by atoms with Crippen LogP contribution in [-0.2, 0) is 19.1 Å². The molecular formula is C41H64O5. The Bertz CT molecular complexity index is 948. The van der Waals surface area contributed by atoms with Gasteiger partial charge in [-0.15, -0.1) is 0 Å². The van der Waals surface area contributed by atoms with Crippen LogP contribution in [-0.4, -0.2) is 36.4 Å². The summed E-state index contributed by atoms with van der Waals surface area (Å²) in [6.45, 7) is 3.82. The Morgan fingerprint density at radius 1 is 0.500 bits per heavy atom. The summed E-state index contributed by atoms with van der Waals surface area (Å²) in [6, 6.07) is 0. The predicted molar refractivity (Wildman–Crippen MR) is 195 cm³/mol. The first-order chi connectivity index (χ1) is 22.6. The van der Waals surface area contributed by atoms with Crippen LogP contribution in [0.5, 0.6) is 0 Å². The van der Waals surface area contributed by atoms with E-state index in [1.165, 1.54) is 0 Å². The maximum absolute atomic E-state index is 12.1. The molecule has 0 saturated heterocycles. The fraction of sp³-hybridized carbons (Fsp3) is 0.561. The lowest BCUT2D eigenvalue weighted by Crippen LogP contribution is -2.28. The van der Waals surface area contributed by atoms with Gasteiger partial charge in [-0.1, -0.05) is 124 Å². The molecule has 1 N–H and O–H groups in total. The average Bonchev–Trinajstić information content (AvgIpc) is 3.06. The number of hydrogen-bond acceptors (Lipinski definition) is 5. The Hall–Kier alpha value is -3.18. The normalized spacial score (nSPS) is 13.4. The molecule has 0 saturated carbocycles. The smallest absolute Gasteiger partial charge is 0.306 e. The molecule has 0 spiro atoms. The van der Waals surface area contributed by atoms with E-state index in [1.807, 2.05) is 0 Å². The van der Waals surface area contributed by atoms with Crippen molar-refractivity contribution in [2.45, 2.75) is 136 Å². The van der Waals surface area contributed by atoms with Gasteiger partial charge in [-0.05, 0) is 89.9 Å². The third-order valence-corrected chi connectivity index (χ3v) is 6.87. The second kappa shape index (κ2) is 36.3. The molecule has 0 aliphatic rings. The van der Waals surface area contributed by atoms with E-state index in [1.54, 1.807) is 0 Å². The number of rotatable bonds is 30. The topological polar surface area (TPSA) is 72.8 Å². The Morgan fingerprint density at radius 3 is 1.33 bits per heavy atom. The summed E-state index contributed by atoms with van der Waals surface area (Å²) in [7, 11) is 0. The molecule has 1 unspecified atom stereocenters. The molecule has 0 aromatic heterocycles. The highest BCUT2D eigenvalue weighted by atomic mass is 16.6. The minimum Gasteiger partial charge on any atom is -0.462 e. The van der Waals surface area contributed by atoms with Gasteiger partial charge in [0.05, 0.1) is 6.61 Å². The summed E-state index contributed by atoms with van der Waals surface area (Å²) >= 11 is 0. The first-order valence-electron chi connectivity index (χ1n) is 17.8. The summed E-state index contributed by atoms with van der Waals surface area (Å²) in [5, 5.41) is 9.52. The number of esters is 2. The summed E-state index contributed by atoms with van der Waals surface area (Å²) in [4.78, 5) is 24.2. The van der Waals surface area contributed by atoms with Gasteiger partial charge < -0.3 is 14.6 Å². The van der Waals surface area contributed by atoms with Gasteiger partial charge in [0.25, 0.3) is 0 Å². The Labute approximate surface area is 281 Å². The molecule has 0 aromatic rings. The Morgan fingerprint density at radius 2 is 0.870 bits per heavy atom. The quantitative estimate of drug-likeness (QED) is 0.0482. The molecule has 5 nitrogen and oxygen atoms in total. The minimum atomic E-state index is -0.808. The fourth-order valence-electron chi connectivity index (χ4n) is 4.24. The minimum absolute atomic E-state index is 0.102. The molecule has 0 radical (unpaired) electrons. The summed E-state index contributed by atoms with van der Waals surface area (Å²) in [5.74, 6) is -0.681. The highest BCUT2D eigenvalue weighted by molar-refractivity contribution is 5.70. The van der Waals surface area contributed by atoms with Crippen molar-refractivity contribution >= 4 is 11.9 Å². The summed E-state index contributed by atoms with van der Waals surface area (Å²) in [6.07, 6.45) is 50.3. The molecule has 1 atom stereocenters. The van der Waals surface area contributed by atoms with E-state index >= 15 is 0 Å². The van der Waals surface area contributed by atoms with Crippen molar-refractivity contribution in [2.75, 3.05) is 13.2 Å². The van der Waals surface area contributed by atoms with Gasteiger partial charge in [0.1, 0.15) is 6.61 Å². The van der Waals surface area contributed by atoms with Crippen LogP contribution < -0.4 is 0 Å².